The normalized spacial score (nSPS) is 25.4. The minimum Gasteiger partial charge on any atom is -0.277 e. The first-order chi connectivity index (χ1) is 8.39. The monoisotopic (exact) mass is 252 g/mol. The Labute approximate surface area is 107 Å². The van der Waals surface area contributed by atoms with Crippen LogP contribution in [0.25, 0.3) is 0 Å². The van der Waals surface area contributed by atoms with Gasteiger partial charge in [-0.05, 0) is 39.0 Å². The summed E-state index contributed by atoms with van der Waals surface area (Å²) in [5, 5.41) is 2.31. The SMILES string of the molecule is CCCC1C(=O)NC(=O)N(C(C)(C)C2CC2)C1=O. The van der Waals surface area contributed by atoms with Crippen molar-refractivity contribution in [1.82, 2.24) is 10.2 Å². The fraction of sp³-hybridized carbons (Fsp3) is 0.769. The third kappa shape index (κ3) is 2.02. The zero-order valence-electron chi connectivity index (χ0n) is 11.2. The molecular weight excluding hydrogens is 232 g/mol. The standard InChI is InChI=1S/C13H20N2O3/c1-4-5-9-10(16)14-12(18)15(11(9)17)13(2,3)8-6-7-8/h8-9H,4-7H2,1-3H3,(H,14,16,18). The first-order valence-electron chi connectivity index (χ1n) is 6.58. The van der Waals surface area contributed by atoms with Crippen LogP contribution in [0, 0.1) is 11.8 Å². The molecule has 2 fully saturated rings. The van der Waals surface area contributed by atoms with E-state index >= 15 is 0 Å². The van der Waals surface area contributed by atoms with Gasteiger partial charge in [-0.1, -0.05) is 13.3 Å². The summed E-state index contributed by atoms with van der Waals surface area (Å²) in [5.74, 6) is -1.12. The summed E-state index contributed by atoms with van der Waals surface area (Å²) in [7, 11) is 0. The van der Waals surface area contributed by atoms with Gasteiger partial charge in [-0.25, -0.2) is 4.79 Å². The van der Waals surface area contributed by atoms with Crippen LogP contribution >= 0.6 is 0 Å². The van der Waals surface area contributed by atoms with Gasteiger partial charge in [-0.2, -0.15) is 0 Å². The molecule has 0 spiro atoms. The topological polar surface area (TPSA) is 66.5 Å². The number of barbiturate groups is 1. The van der Waals surface area contributed by atoms with E-state index in [0.29, 0.717) is 12.3 Å². The molecule has 1 N–H and O–H groups in total. The van der Waals surface area contributed by atoms with Gasteiger partial charge in [0.1, 0.15) is 5.92 Å². The Bertz CT molecular complexity index is 399. The van der Waals surface area contributed by atoms with Crippen molar-refractivity contribution in [3.05, 3.63) is 0 Å². The predicted molar refractivity (Wildman–Crippen MR) is 65.6 cm³/mol. The van der Waals surface area contributed by atoms with Gasteiger partial charge < -0.3 is 0 Å². The smallest absolute Gasteiger partial charge is 0.277 e. The molecule has 0 aromatic carbocycles. The van der Waals surface area contributed by atoms with Crippen molar-refractivity contribution in [2.24, 2.45) is 11.8 Å². The van der Waals surface area contributed by atoms with Crippen molar-refractivity contribution in [3.63, 3.8) is 0 Å². The van der Waals surface area contributed by atoms with Gasteiger partial charge in [-0.15, -0.1) is 0 Å². The summed E-state index contributed by atoms with van der Waals surface area (Å²) in [6, 6.07) is -0.561. The molecule has 1 saturated heterocycles. The van der Waals surface area contributed by atoms with Crippen LogP contribution in [0.2, 0.25) is 0 Å². The largest absolute Gasteiger partial charge is 0.331 e. The molecule has 0 aromatic heterocycles. The van der Waals surface area contributed by atoms with E-state index in [4.69, 9.17) is 0 Å². The predicted octanol–water partition coefficient (Wildman–Crippen LogP) is 1.67. The molecule has 2 rings (SSSR count). The van der Waals surface area contributed by atoms with Crippen LogP contribution in [-0.4, -0.2) is 28.3 Å². The van der Waals surface area contributed by atoms with Gasteiger partial charge in [0.15, 0.2) is 0 Å². The molecule has 5 heteroatoms. The van der Waals surface area contributed by atoms with Crippen LogP contribution in [0.4, 0.5) is 4.79 Å². The van der Waals surface area contributed by atoms with E-state index < -0.39 is 23.4 Å². The summed E-state index contributed by atoms with van der Waals surface area (Å²) in [6.07, 6.45) is 3.32. The Morgan fingerprint density at radius 2 is 1.89 bits per heavy atom. The van der Waals surface area contributed by atoms with Gasteiger partial charge in [0, 0.05) is 5.54 Å². The summed E-state index contributed by atoms with van der Waals surface area (Å²) >= 11 is 0. The lowest BCUT2D eigenvalue weighted by Crippen LogP contribution is -2.64. The molecular formula is C13H20N2O3. The number of hydrogen-bond donors (Lipinski definition) is 1. The Morgan fingerprint density at radius 3 is 2.39 bits per heavy atom. The highest BCUT2D eigenvalue weighted by atomic mass is 16.2. The highest BCUT2D eigenvalue weighted by molar-refractivity contribution is 6.16. The third-order valence-corrected chi connectivity index (χ3v) is 4.00. The van der Waals surface area contributed by atoms with Crippen LogP contribution in [0.3, 0.4) is 0 Å². The first-order valence-corrected chi connectivity index (χ1v) is 6.58. The van der Waals surface area contributed by atoms with Gasteiger partial charge in [0.25, 0.3) is 0 Å². The zero-order valence-corrected chi connectivity index (χ0v) is 11.2. The average Bonchev–Trinajstić information content (AvgIpc) is 3.07. The van der Waals surface area contributed by atoms with E-state index in [2.05, 4.69) is 5.32 Å². The third-order valence-electron chi connectivity index (χ3n) is 4.00. The summed E-state index contributed by atoms with van der Waals surface area (Å²) in [6.45, 7) is 5.73. The zero-order chi connectivity index (χ0) is 13.5. The van der Waals surface area contributed by atoms with Crippen LogP contribution in [-0.2, 0) is 9.59 Å². The molecule has 1 aliphatic carbocycles. The molecule has 1 unspecified atom stereocenters. The number of carbonyl (C=O) groups is 3. The molecule has 1 aliphatic heterocycles. The Morgan fingerprint density at radius 1 is 1.28 bits per heavy atom. The van der Waals surface area contributed by atoms with Crippen LogP contribution in [0.1, 0.15) is 46.5 Å². The maximum absolute atomic E-state index is 12.4. The van der Waals surface area contributed by atoms with Gasteiger partial charge >= 0.3 is 6.03 Å². The van der Waals surface area contributed by atoms with Crippen molar-refractivity contribution in [3.8, 4) is 0 Å². The molecule has 0 radical (unpaired) electrons. The lowest BCUT2D eigenvalue weighted by atomic mass is 9.91. The fourth-order valence-corrected chi connectivity index (χ4v) is 2.68. The maximum atomic E-state index is 12.4. The Hall–Kier alpha value is -1.39. The lowest BCUT2D eigenvalue weighted by molar-refractivity contribution is -0.146. The van der Waals surface area contributed by atoms with Gasteiger partial charge in [-0.3, -0.25) is 19.8 Å². The molecule has 2 aliphatic rings. The van der Waals surface area contributed by atoms with Crippen molar-refractivity contribution in [2.45, 2.75) is 52.0 Å². The lowest BCUT2D eigenvalue weighted by Gasteiger charge is -2.41. The molecule has 1 atom stereocenters. The number of rotatable bonds is 4. The minimum atomic E-state index is -0.703. The number of nitrogens with zero attached hydrogens (tertiary/aromatic N) is 1. The van der Waals surface area contributed by atoms with E-state index in [-0.39, 0.29) is 5.91 Å². The van der Waals surface area contributed by atoms with Gasteiger partial charge in [0.05, 0.1) is 0 Å². The Balaban J connectivity index is 2.25. The van der Waals surface area contributed by atoms with Crippen molar-refractivity contribution in [1.29, 1.82) is 0 Å². The number of urea groups is 1. The van der Waals surface area contributed by atoms with E-state index in [9.17, 15) is 14.4 Å². The molecule has 4 amide bonds. The second-order valence-corrected chi connectivity index (χ2v) is 5.74. The molecule has 100 valence electrons. The van der Waals surface area contributed by atoms with Crippen molar-refractivity contribution < 1.29 is 14.4 Å². The van der Waals surface area contributed by atoms with Crippen molar-refractivity contribution >= 4 is 17.8 Å². The first kappa shape index (κ1) is 13.1. The number of hydrogen-bond acceptors (Lipinski definition) is 3. The molecule has 0 aromatic rings. The van der Waals surface area contributed by atoms with Crippen LogP contribution < -0.4 is 5.32 Å². The summed E-state index contributed by atoms with van der Waals surface area (Å²) in [5.41, 5.74) is -0.492. The second kappa shape index (κ2) is 4.37. The number of imide groups is 2. The van der Waals surface area contributed by atoms with Crippen LogP contribution in [0.5, 0.6) is 0 Å². The van der Waals surface area contributed by atoms with E-state index in [1.165, 1.54) is 4.90 Å². The van der Waals surface area contributed by atoms with E-state index in [1.807, 2.05) is 20.8 Å². The van der Waals surface area contributed by atoms with E-state index in [0.717, 1.165) is 19.3 Å². The van der Waals surface area contributed by atoms with E-state index in [1.54, 1.807) is 0 Å². The van der Waals surface area contributed by atoms with Crippen LogP contribution in [0.15, 0.2) is 0 Å². The highest BCUT2D eigenvalue weighted by Crippen LogP contribution is 2.43. The number of amides is 4. The minimum absolute atomic E-state index is 0.331. The van der Waals surface area contributed by atoms with Crippen molar-refractivity contribution in [2.75, 3.05) is 0 Å². The summed E-state index contributed by atoms with van der Waals surface area (Å²) in [4.78, 5) is 37.2. The Kier molecular flexibility index (Phi) is 3.17. The second-order valence-electron chi connectivity index (χ2n) is 5.74. The number of nitrogens with one attached hydrogen (secondary N) is 1. The molecule has 18 heavy (non-hydrogen) atoms. The molecule has 1 saturated carbocycles. The fourth-order valence-electron chi connectivity index (χ4n) is 2.68. The summed E-state index contributed by atoms with van der Waals surface area (Å²) < 4.78 is 0. The highest BCUT2D eigenvalue weighted by Gasteiger charge is 2.51. The molecule has 5 nitrogen and oxygen atoms in total. The average molecular weight is 252 g/mol. The maximum Gasteiger partial charge on any atom is 0.331 e. The molecule has 1 heterocycles. The number of carbonyl (C=O) groups excluding carboxylic acids is 3. The molecule has 0 bridgehead atoms. The van der Waals surface area contributed by atoms with Gasteiger partial charge in [0.2, 0.25) is 11.8 Å². The quantitative estimate of drug-likeness (QED) is 0.774.